The molecular formula is C25H21F4N3O5. The molecule has 37 heavy (non-hydrogen) atoms. The SMILES string of the molecule is COc1cc(OC(F)(F)F)ccc1Oc1cc(C2C[C@@H]2C)ncc1C(=O)Nc1ccc(F)c(C(N)=O)c1. The molecule has 1 aliphatic carbocycles. The number of nitrogens with zero attached hydrogens (tertiary/aromatic N) is 1. The zero-order chi connectivity index (χ0) is 26.9. The standard InChI is InChI=1S/C25H21F4N3O5/c1-12-7-15(12)19-10-21(36-20-6-4-14(9-22(20)35-2)37-25(27,28)29)17(11-31-19)24(34)32-13-3-5-18(26)16(8-13)23(30)33/h3-6,8-12,15H,7H2,1-2H3,(H2,30,33)(H,32,34)/t12-,15?/m0/s1. The molecular weight excluding hydrogens is 498 g/mol. The van der Waals surface area contributed by atoms with Crippen LogP contribution in [0.4, 0.5) is 23.2 Å². The van der Waals surface area contributed by atoms with Crippen LogP contribution in [-0.2, 0) is 0 Å². The second-order valence-electron chi connectivity index (χ2n) is 8.40. The number of carbonyl (C=O) groups is 2. The van der Waals surface area contributed by atoms with Crippen LogP contribution in [0.1, 0.15) is 45.7 Å². The summed E-state index contributed by atoms with van der Waals surface area (Å²) < 4.78 is 66.6. The first-order valence-corrected chi connectivity index (χ1v) is 11.0. The molecule has 3 N–H and O–H groups in total. The summed E-state index contributed by atoms with van der Waals surface area (Å²) in [5.74, 6) is -2.51. The first-order chi connectivity index (χ1) is 17.4. The Morgan fingerprint density at radius 3 is 2.41 bits per heavy atom. The number of halogens is 4. The van der Waals surface area contributed by atoms with E-state index in [9.17, 15) is 27.2 Å². The first-order valence-electron chi connectivity index (χ1n) is 11.0. The van der Waals surface area contributed by atoms with Gasteiger partial charge in [0, 0.05) is 35.6 Å². The molecule has 0 bridgehead atoms. The highest BCUT2D eigenvalue weighted by molar-refractivity contribution is 6.06. The Morgan fingerprint density at radius 1 is 1.05 bits per heavy atom. The zero-order valence-corrected chi connectivity index (χ0v) is 19.6. The van der Waals surface area contributed by atoms with Gasteiger partial charge in [-0.25, -0.2) is 4.39 Å². The van der Waals surface area contributed by atoms with E-state index in [4.69, 9.17) is 15.2 Å². The summed E-state index contributed by atoms with van der Waals surface area (Å²) in [7, 11) is 1.24. The van der Waals surface area contributed by atoms with E-state index in [1.807, 2.05) is 6.92 Å². The third-order valence-electron chi connectivity index (χ3n) is 5.70. The molecule has 1 saturated carbocycles. The van der Waals surface area contributed by atoms with Crippen molar-refractivity contribution in [1.82, 2.24) is 4.98 Å². The number of nitrogens with two attached hydrogens (primary N) is 1. The van der Waals surface area contributed by atoms with Crippen molar-refractivity contribution in [1.29, 1.82) is 0 Å². The summed E-state index contributed by atoms with van der Waals surface area (Å²) in [6.07, 6.45) is -2.69. The third-order valence-corrected chi connectivity index (χ3v) is 5.70. The van der Waals surface area contributed by atoms with Gasteiger partial charge in [0.15, 0.2) is 11.5 Å². The predicted molar refractivity (Wildman–Crippen MR) is 123 cm³/mol. The maximum atomic E-state index is 13.8. The molecule has 8 nitrogen and oxygen atoms in total. The second-order valence-corrected chi connectivity index (χ2v) is 8.40. The van der Waals surface area contributed by atoms with E-state index < -0.39 is 35.3 Å². The van der Waals surface area contributed by atoms with Crippen LogP contribution >= 0.6 is 0 Å². The lowest BCUT2D eigenvalue weighted by Gasteiger charge is -2.16. The highest BCUT2D eigenvalue weighted by atomic mass is 19.4. The van der Waals surface area contributed by atoms with Gasteiger partial charge >= 0.3 is 6.36 Å². The molecule has 2 atom stereocenters. The quantitative estimate of drug-likeness (QED) is 0.386. The number of anilines is 1. The number of rotatable bonds is 8. The number of amides is 2. The molecule has 1 aromatic heterocycles. The lowest BCUT2D eigenvalue weighted by atomic mass is 10.1. The molecule has 2 aromatic carbocycles. The molecule has 1 fully saturated rings. The minimum atomic E-state index is -4.89. The number of hydrogen-bond acceptors (Lipinski definition) is 6. The van der Waals surface area contributed by atoms with E-state index in [0.29, 0.717) is 11.6 Å². The summed E-state index contributed by atoms with van der Waals surface area (Å²) in [6.45, 7) is 2.04. The lowest BCUT2D eigenvalue weighted by Crippen LogP contribution is -2.17. The van der Waals surface area contributed by atoms with Crippen LogP contribution in [0, 0.1) is 11.7 Å². The van der Waals surface area contributed by atoms with Crippen LogP contribution in [0.3, 0.4) is 0 Å². The number of methoxy groups -OCH3 is 1. The largest absolute Gasteiger partial charge is 0.573 e. The molecule has 2 amide bonds. The van der Waals surface area contributed by atoms with E-state index in [-0.39, 0.29) is 34.4 Å². The molecule has 1 aliphatic rings. The van der Waals surface area contributed by atoms with Gasteiger partial charge < -0.3 is 25.3 Å². The van der Waals surface area contributed by atoms with Gasteiger partial charge in [0.25, 0.3) is 11.8 Å². The fourth-order valence-electron chi connectivity index (χ4n) is 3.68. The van der Waals surface area contributed by atoms with E-state index in [1.165, 1.54) is 25.4 Å². The van der Waals surface area contributed by atoms with Crippen molar-refractivity contribution in [3.05, 3.63) is 71.3 Å². The summed E-state index contributed by atoms with van der Waals surface area (Å²) in [6, 6.07) is 8.14. The number of aromatic nitrogens is 1. The molecule has 4 rings (SSSR count). The van der Waals surface area contributed by atoms with Crippen LogP contribution in [0.2, 0.25) is 0 Å². The number of pyridine rings is 1. The molecule has 1 unspecified atom stereocenters. The fourth-order valence-corrected chi connectivity index (χ4v) is 3.68. The Kier molecular flexibility index (Phi) is 6.92. The predicted octanol–water partition coefficient (Wildman–Crippen LogP) is 5.39. The van der Waals surface area contributed by atoms with Gasteiger partial charge in [-0.1, -0.05) is 6.92 Å². The summed E-state index contributed by atoms with van der Waals surface area (Å²) in [5, 5.41) is 2.53. The Hall–Kier alpha value is -4.35. The minimum Gasteiger partial charge on any atom is -0.493 e. The number of hydrogen-bond donors (Lipinski definition) is 2. The molecule has 3 aromatic rings. The third kappa shape index (κ3) is 6.08. The normalized spacial score (nSPS) is 16.6. The zero-order valence-electron chi connectivity index (χ0n) is 19.6. The van der Waals surface area contributed by atoms with Crippen molar-refractivity contribution in [2.75, 3.05) is 12.4 Å². The molecule has 0 aliphatic heterocycles. The fraction of sp³-hybridized carbons (Fsp3) is 0.240. The second kappa shape index (κ2) is 9.96. The van der Waals surface area contributed by atoms with E-state index in [2.05, 4.69) is 15.0 Å². The minimum absolute atomic E-state index is 0.0184. The highest BCUT2D eigenvalue weighted by Crippen LogP contribution is 2.47. The van der Waals surface area contributed by atoms with Crippen LogP contribution < -0.4 is 25.3 Å². The van der Waals surface area contributed by atoms with Gasteiger partial charge in [0.05, 0.1) is 12.7 Å². The topological polar surface area (TPSA) is 113 Å². The lowest BCUT2D eigenvalue weighted by molar-refractivity contribution is -0.274. The van der Waals surface area contributed by atoms with Gasteiger partial charge in [-0.15, -0.1) is 13.2 Å². The molecule has 194 valence electrons. The van der Waals surface area contributed by atoms with Gasteiger partial charge in [-0.3, -0.25) is 14.6 Å². The van der Waals surface area contributed by atoms with Crippen LogP contribution in [-0.4, -0.2) is 30.3 Å². The molecule has 12 heteroatoms. The Labute approximate surface area is 208 Å². The highest BCUT2D eigenvalue weighted by Gasteiger charge is 2.36. The van der Waals surface area contributed by atoms with Crippen molar-refractivity contribution in [2.24, 2.45) is 11.7 Å². The Balaban J connectivity index is 1.66. The molecule has 0 radical (unpaired) electrons. The maximum Gasteiger partial charge on any atom is 0.573 e. The van der Waals surface area contributed by atoms with Crippen LogP contribution in [0.5, 0.6) is 23.0 Å². The van der Waals surface area contributed by atoms with E-state index >= 15 is 0 Å². The number of ether oxygens (including phenoxy) is 3. The van der Waals surface area contributed by atoms with E-state index in [0.717, 1.165) is 30.7 Å². The smallest absolute Gasteiger partial charge is 0.493 e. The van der Waals surface area contributed by atoms with Crippen molar-refractivity contribution in [3.63, 3.8) is 0 Å². The number of nitrogens with one attached hydrogen (secondary N) is 1. The number of carbonyl (C=O) groups excluding carboxylic acids is 2. The first kappa shape index (κ1) is 25.7. The van der Waals surface area contributed by atoms with Crippen molar-refractivity contribution in [2.45, 2.75) is 25.6 Å². The Bertz CT molecular complexity index is 1360. The van der Waals surface area contributed by atoms with Crippen molar-refractivity contribution < 1.29 is 41.4 Å². The van der Waals surface area contributed by atoms with Crippen molar-refractivity contribution in [3.8, 4) is 23.0 Å². The maximum absolute atomic E-state index is 13.8. The van der Waals surface area contributed by atoms with Crippen molar-refractivity contribution >= 4 is 17.5 Å². The van der Waals surface area contributed by atoms with Gasteiger partial charge in [-0.2, -0.15) is 0 Å². The number of primary amides is 1. The van der Waals surface area contributed by atoms with Gasteiger partial charge in [0.2, 0.25) is 0 Å². The summed E-state index contributed by atoms with van der Waals surface area (Å²) in [5.41, 5.74) is 5.50. The average molecular weight is 519 g/mol. The van der Waals surface area contributed by atoms with Crippen LogP contribution in [0.25, 0.3) is 0 Å². The molecule has 0 spiro atoms. The molecule has 0 saturated heterocycles. The Morgan fingerprint density at radius 2 is 1.78 bits per heavy atom. The van der Waals surface area contributed by atoms with Gasteiger partial charge in [0.1, 0.15) is 22.9 Å². The number of alkyl halides is 3. The summed E-state index contributed by atoms with van der Waals surface area (Å²) >= 11 is 0. The summed E-state index contributed by atoms with van der Waals surface area (Å²) in [4.78, 5) is 28.9. The average Bonchev–Trinajstić information content (AvgIpc) is 3.56. The van der Waals surface area contributed by atoms with Gasteiger partial charge in [-0.05, 0) is 42.7 Å². The van der Waals surface area contributed by atoms with E-state index in [1.54, 1.807) is 6.07 Å². The number of benzene rings is 2. The van der Waals surface area contributed by atoms with Crippen LogP contribution in [0.15, 0.2) is 48.7 Å². The monoisotopic (exact) mass is 519 g/mol. The molecule has 1 heterocycles.